The molecule has 146 valence electrons. The van der Waals surface area contributed by atoms with Crippen molar-refractivity contribution in [1.29, 1.82) is 0 Å². The van der Waals surface area contributed by atoms with E-state index < -0.39 is 0 Å². The van der Waals surface area contributed by atoms with Gasteiger partial charge >= 0.3 is 0 Å². The number of hydrogen-bond donors (Lipinski definition) is 0. The average Bonchev–Trinajstić information content (AvgIpc) is 3.42. The maximum Gasteiger partial charge on any atom is 0.274 e. The molecule has 0 radical (unpaired) electrons. The number of aryl methyl sites for hydroxylation is 1. The van der Waals surface area contributed by atoms with Crippen LogP contribution in [0.1, 0.15) is 36.1 Å². The number of carbonyl (C=O) groups is 1. The summed E-state index contributed by atoms with van der Waals surface area (Å²) < 4.78 is 13.0. The highest BCUT2D eigenvalue weighted by atomic mass is 16.5. The molecule has 1 unspecified atom stereocenters. The van der Waals surface area contributed by atoms with Crippen molar-refractivity contribution in [3.63, 3.8) is 0 Å². The smallest absolute Gasteiger partial charge is 0.274 e. The number of nitrogens with zero attached hydrogens (tertiary/aromatic N) is 6. The van der Waals surface area contributed by atoms with Gasteiger partial charge in [0.25, 0.3) is 11.8 Å². The number of hydrogen-bond acceptors (Lipinski definition) is 7. The molecule has 28 heavy (non-hydrogen) atoms. The number of pyridine rings is 1. The zero-order valence-electron chi connectivity index (χ0n) is 15.7. The van der Waals surface area contributed by atoms with Crippen molar-refractivity contribution >= 4 is 5.91 Å². The molecule has 3 aromatic rings. The summed E-state index contributed by atoms with van der Waals surface area (Å²) in [5.41, 5.74) is 1.31. The van der Waals surface area contributed by atoms with Crippen molar-refractivity contribution < 1.29 is 14.1 Å². The zero-order chi connectivity index (χ0) is 19.3. The molecule has 0 saturated carbocycles. The van der Waals surface area contributed by atoms with Crippen LogP contribution >= 0.6 is 0 Å². The fourth-order valence-corrected chi connectivity index (χ4v) is 3.19. The summed E-state index contributed by atoms with van der Waals surface area (Å²) in [5.74, 6) is 0.864. The molecule has 4 heterocycles. The Morgan fingerprint density at radius 2 is 2.18 bits per heavy atom. The van der Waals surface area contributed by atoms with Crippen LogP contribution in [0.25, 0.3) is 11.4 Å². The number of aromatic nitrogens is 5. The molecule has 1 saturated heterocycles. The van der Waals surface area contributed by atoms with E-state index in [1.54, 1.807) is 28.0 Å². The van der Waals surface area contributed by atoms with Crippen molar-refractivity contribution in [2.75, 3.05) is 13.1 Å². The van der Waals surface area contributed by atoms with E-state index in [-0.39, 0.29) is 18.6 Å². The second-order valence-electron chi connectivity index (χ2n) is 6.63. The quantitative estimate of drug-likeness (QED) is 0.644. The van der Waals surface area contributed by atoms with Gasteiger partial charge in [0, 0.05) is 43.8 Å². The Kier molecular flexibility index (Phi) is 5.43. The first-order chi connectivity index (χ1) is 13.7. The Bertz CT molecular complexity index is 923. The van der Waals surface area contributed by atoms with Crippen molar-refractivity contribution in [3.05, 3.63) is 48.4 Å². The highest BCUT2D eigenvalue weighted by Gasteiger charge is 2.26. The number of carbonyl (C=O) groups excluding carboxylic acids is 1. The molecule has 1 aliphatic rings. The molecule has 0 aliphatic carbocycles. The fraction of sp³-hybridized carbons (Fsp3) is 0.421. The Hall–Kier alpha value is -3.07. The molecule has 1 aliphatic heterocycles. The van der Waals surface area contributed by atoms with E-state index in [1.807, 2.05) is 25.3 Å². The zero-order valence-corrected chi connectivity index (χ0v) is 15.7. The summed E-state index contributed by atoms with van der Waals surface area (Å²) in [6.45, 7) is 4.19. The van der Waals surface area contributed by atoms with Crippen molar-refractivity contribution in [3.8, 4) is 11.4 Å². The van der Waals surface area contributed by atoms with Crippen LogP contribution in [0.3, 0.4) is 0 Å². The molecule has 3 aromatic heterocycles. The fourth-order valence-electron chi connectivity index (χ4n) is 3.19. The summed E-state index contributed by atoms with van der Waals surface area (Å²) in [5, 5.41) is 8.28. The van der Waals surface area contributed by atoms with Crippen LogP contribution < -0.4 is 0 Å². The summed E-state index contributed by atoms with van der Waals surface area (Å²) in [6, 6.07) is 5.40. The van der Waals surface area contributed by atoms with Crippen LogP contribution in [0.5, 0.6) is 0 Å². The third kappa shape index (κ3) is 4.09. The van der Waals surface area contributed by atoms with Gasteiger partial charge in [0.15, 0.2) is 0 Å². The monoisotopic (exact) mass is 382 g/mol. The van der Waals surface area contributed by atoms with Crippen LogP contribution in [0.2, 0.25) is 0 Å². The molecule has 0 N–H and O–H groups in total. The van der Waals surface area contributed by atoms with Gasteiger partial charge in [-0.1, -0.05) is 5.16 Å². The molecule has 1 atom stereocenters. The van der Waals surface area contributed by atoms with Gasteiger partial charge in [0.1, 0.15) is 12.3 Å². The van der Waals surface area contributed by atoms with E-state index in [2.05, 4.69) is 20.2 Å². The molecular formula is C19H22N6O3. The van der Waals surface area contributed by atoms with Crippen molar-refractivity contribution in [2.24, 2.45) is 0 Å². The van der Waals surface area contributed by atoms with E-state index in [1.165, 1.54) is 0 Å². The number of rotatable bonds is 6. The second kappa shape index (κ2) is 8.30. The molecule has 0 spiro atoms. The van der Waals surface area contributed by atoms with Gasteiger partial charge in [0.2, 0.25) is 5.82 Å². The van der Waals surface area contributed by atoms with Crippen LogP contribution in [-0.4, -0.2) is 54.9 Å². The first-order valence-electron chi connectivity index (χ1n) is 9.40. The van der Waals surface area contributed by atoms with Gasteiger partial charge in [-0.2, -0.15) is 10.1 Å². The van der Waals surface area contributed by atoms with Gasteiger partial charge < -0.3 is 14.2 Å². The van der Waals surface area contributed by atoms with Crippen LogP contribution in [0, 0.1) is 0 Å². The SMILES string of the molecule is CCn1ccc(C(=O)N2CCCC(OCc3nc(-c4ccncc4)no3)C2)n1. The molecule has 4 rings (SSSR count). The summed E-state index contributed by atoms with van der Waals surface area (Å²) in [6.07, 6.45) is 6.89. The Morgan fingerprint density at radius 3 is 2.96 bits per heavy atom. The van der Waals surface area contributed by atoms with Crippen molar-refractivity contribution in [1.82, 2.24) is 29.8 Å². The molecule has 0 aromatic carbocycles. The van der Waals surface area contributed by atoms with Gasteiger partial charge in [-0.25, -0.2) is 0 Å². The minimum atomic E-state index is -0.0674. The first-order valence-corrected chi connectivity index (χ1v) is 9.40. The number of amides is 1. The van der Waals surface area contributed by atoms with Crippen LogP contribution in [-0.2, 0) is 17.9 Å². The normalized spacial score (nSPS) is 17.0. The summed E-state index contributed by atoms with van der Waals surface area (Å²) >= 11 is 0. The lowest BCUT2D eigenvalue weighted by atomic mass is 10.1. The van der Waals surface area contributed by atoms with Crippen molar-refractivity contribution in [2.45, 2.75) is 39.0 Å². The molecular weight excluding hydrogens is 360 g/mol. The molecule has 1 fully saturated rings. The van der Waals surface area contributed by atoms with Gasteiger partial charge in [-0.15, -0.1) is 0 Å². The van der Waals surface area contributed by atoms with Crippen LogP contribution in [0.4, 0.5) is 0 Å². The minimum absolute atomic E-state index is 0.0572. The van der Waals surface area contributed by atoms with Gasteiger partial charge in [0.05, 0.1) is 6.10 Å². The topological polar surface area (TPSA) is 99.2 Å². The standard InChI is InChI=1S/C19H22N6O3/c1-2-25-11-7-16(22-25)19(26)24-10-3-4-15(12-24)27-13-17-21-18(23-28-17)14-5-8-20-9-6-14/h5-9,11,15H,2-4,10,12-13H2,1H3. The van der Waals surface area contributed by atoms with Crippen LogP contribution in [0.15, 0.2) is 41.3 Å². The Labute approximate surface area is 162 Å². The predicted molar refractivity (Wildman–Crippen MR) is 99.1 cm³/mol. The van der Waals surface area contributed by atoms with Gasteiger partial charge in [-0.05, 0) is 38.0 Å². The molecule has 1 amide bonds. The lowest BCUT2D eigenvalue weighted by molar-refractivity contribution is -0.0155. The van der Waals surface area contributed by atoms with E-state index in [0.29, 0.717) is 30.5 Å². The van der Waals surface area contributed by atoms with Gasteiger partial charge in [-0.3, -0.25) is 14.5 Å². The molecule has 9 heteroatoms. The minimum Gasteiger partial charge on any atom is -0.367 e. The average molecular weight is 382 g/mol. The molecule has 0 bridgehead atoms. The number of ether oxygens (including phenoxy) is 1. The Balaban J connectivity index is 1.33. The summed E-state index contributed by atoms with van der Waals surface area (Å²) in [4.78, 5) is 22.8. The lowest BCUT2D eigenvalue weighted by Crippen LogP contribution is -2.43. The Morgan fingerprint density at radius 1 is 1.32 bits per heavy atom. The molecule has 9 nitrogen and oxygen atoms in total. The highest BCUT2D eigenvalue weighted by molar-refractivity contribution is 5.92. The van der Waals surface area contributed by atoms with E-state index >= 15 is 0 Å². The predicted octanol–water partition coefficient (Wildman–Crippen LogP) is 2.17. The largest absolute Gasteiger partial charge is 0.367 e. The van der Waals surface area contributed by atoms with E-state index in [0.717, 1.165) is 24.9 Å². The summed E-state index contributed by atoms with van der Waals surface area (Å²) in [7, 11) is 0. The third-order valence-electron chi connectivity index (χ3n) is 4.70. The van der Waals surface area contributed by atoms with E-state index in [4.69, 9.17) is 9.26 Å². The third-order valence-corrected chi connectivity index (χ3v) is 4.70. The highest BCUT2D eigenvalue weighted by Crippen LogP contribution is 2.18. The maximum atomic E-state index is 12.7. The maximum absolute atomic E-state index is 12.7. The number of piperidine rings is 1. The number of likely N-dealkylation sites (tertiary alicyclic amines) is 1. The second-order valence-corrected chi connectivity index (χ2v) is 6.63. The first kappa shape index (κ1) is 18.3. The van der Waals surface area contributed by atoms with E-state index in [9.17, 15) is 4.79 Å². The lowest BCUT2D eigenvalue weighted by Gasteiger charge is -2.32.